The van der Waals surface area contributed by atoms with Crippen LogP contribution in [0.25, 0.3) is 21.8 Å². The minimum Gasteiger partial charge on any atom is -0.478 e. The topological polar surface area (TPSA) is 162 Å². The smallest absolute Gasteiger partial charge is 0.337 e. The number of carboxylic acids is 1. The van der Waals surface area contributed by atoms with Gasteiger partial charge in [-0.05, 0) is 52.3 Å². The van der Waals surface area contributed by atoms with Crippen molar-refractivity contribution in [2.24, 2.45) is 0 Å². The lowest BCUT2D eigenvalue weighted by Gasteiger charge is -2.27. The summed E-state index contributed by atoms with van der Waals surface area (Å²) in [6, 6.07) is 3.21. The summed E-state index contributed by atoms with van der Waals surface area (Å²) in [4.78, 5) is 43.4. The summed E-state index contributed by atoms with van der Waals surface area (Å²) in [7, 11) is -3.97. The molecule has 0 saturated carbocycles. The minimum atomic E-state index is -3.97. The first kappa shape index (κ1) is 24.9. The number of likely N-dealkylation sites (tertiary alicyclic amines) is 1. The molecule has 1 aliphatic heterocycles. The number of hydrogen-bond donors (Lipinski definition) is 4. The zero-order valence-electron chi connectivity index (χ0n) is 19.8. The molecule has 0 spiro atoms. The van der Waals surface area contributed by atoms with E-state index in [1.54, 1.807) is 27.7 Å². The average Bonchev–Trinajstić information content (AvgIpc) is 3.39. The Hall–Kier alpha value is -3.22. The first-order valence-electron chi connectivity index (χ1n) is 11.2. The first-order valence-corrected chi connectivity index (χ1v) is 12.6. The lowest BCUT2D eigenvalue weighted by atomic mass is 10.1. The molecule has 2 atom stereocenters. The summed E-state index contributed by atoms with van der Waals surface area (Å²) in [6.45, 7) is 7.97. The summed E-state index contributed by atoms with van der Waals surface area (Å²) >= 11 is 0. The van der Waals surface area contributed by atoms with E-state index in [0.717, 1.165) is 0 Å². The van der Waals surface area contributed by atoms with Gasteiger partial charge < -0.3 is 19.8 Å². The molecule has 1 aliphatic rings. The van der Waals surface area contributed by atoms with Crippen LogP contribution in [0, 0.1) is 0 Å². The Bertz CT molecular complexity index is 1480. The number of benzene rings is 1. The van der Waals surface area contributed by atoms with E-state index in [0.29, 0.717) is 30.4 Å². The molecule has 3 heterocycles. The van der Waals surface area contributed by atoms with Crippen LogP contribution in [0.1, 0.15) is 44.5 Å². The molecule has 4 rings (SSSR count). The highest BCUT2D eigenvalue weighted by molar-refractivity contribution is 7.89. The molecule has 1 saturated heterocycles. The average molecular weight is 505 g/mol. The van der Waals surface area contributed by atoms with Gasteiger partial charge in [0.25, 0.3) is 5.56 Å². The van der Waals surface area contributed by atoms with Crippen molar-refractivity contribution in [3.8, 4) is 0 Å². The highest BCUT2D eigenvalue weighted by Crippen LogP contribution is 2.27. The molecule has 188 valence electrons. The van der Waals surface area contributed by atoms with Gasteiger partial charge in [0.2, 0.25) is 10.0 Å². The number of nitrogens with zero attached hydrogens (tertiary/aromatic N) is 1. The Morgan fingerprint density at radius 3 is 2.66 bits per heavy atom. The lowest BCUT2D eigenvalue weighted by Crippen LogP contribution is -2.43. The van der Waals surface area contributed by atoms with Crippen LogP contribution in [-0.4, -0.2) is 71.1 Å². The number of aromatic carboxylic acids is 1. The third-order valence-electron chi connectivity index (χ3n) is 5.99. The fourth-order valence-electron chi connectivity index (χ4n) is 4.30. The van der Waals surface area contributed by atoms with Crippen LogP contribution in [0.15, 0.2) is 34.1 Å². The van der Waals surface area contributed by atoms with Crippen LogP contribution in [0.4, 0.5) is 0 Å². The minimum absolute atomic E-state index is 0.0555. The van der Waals surface area contributed by atoms with Crippen LogP contribution in [0.2, 0.25) is 0 Å². The van der Waals surface area contributed by atoms with E-state index < -0.39 is 39.2 Å². The summed E-state index contributed by atoms with van der Waals surface area (Å²) in [6.07, 6.45) is 1.72. The van der Waals surface area contributed by atoms with E-state index in [1.165, 1.54) is 24.4 Å². The molecule has 2 aromatic heterocycles. The van der Waals surface area contributed by atoms with Crippen LogP contribution in [0.5, 0.6) is 0 Å². The molecule has 0 radical (unpaired) electrons. The van der Waals surface area contributed by atoms with Gasteiger partial charge in [-0.15, -0.1) is 0 Å². The van der Waals surface area contributed by atoms with E-state index in [9.17, 15) is 27.9 Å². The number of carbonyl (C=O) groups is 2. The summed E-state index contributed by atoms with van der Waals surface area (Å²) in [5, 5.41) is 9.96. The van der Waals surface area contributed by atoms with E-state index in [-0.39, 0.29) is 27.3 Å². The molecule has 12 heteroatoms. The van der Waals surface area contributed by atoms with Crippen molar-refractivity contribution in [1.29, 1.82) is 0 Å². The number of esters is 1. The van der Waals surface area contributed by atoms with E-state index >= 15 is 0 Å². The SMILES string of the molecule is CC(C(=O)OC(C)(C)C)N1CCC(NS(=O)(=O)c2ccc3[nH]c(=O)c4[nH]cc(C(=O)O)c4c3c2)C1. The first-order chi connectivity index (χ1) is 16.3. The molecule has 0 bridgehead atoms. The molecular formula is C23H28N4O7S. The maximum atomic E-state index is 13.2. The molecule has 0 amide bonds. The monoisotopic (exact) mass is 504 g/mol. The number of pyridine rings is 1. The van der Waals surface area contributed by atoms with Crippen LogP contribution in [-0.2, 0) is 19.6 Å². The second-order valence-electron chi connectivity index (χ2n) is 9.73. The number of carbonyl (C=O) groups excluding carboxylic acids is 1. The Morgan fingerprint density at radius 2 is 2.00 bits per heavy atom. The predicted molar refractivity (Wildman–Crippen MR) is 129 cm³/mol. The largest absolute Gasteiger partial charge is 0.478 e. The van der Waals surface area contributed by atoms with E-state index in [4.69, 9.17) is 4.74 Å². The number of nitrogens with one attached hydrogen (secondary N) is 3. The molecule has 1 fully saturated rings. The van der Waals surface area contributed by atoms with Crippen molar-refractivity contribution in [1.82, 2.24) is 19.6 Å². The molecule has 1 aromatic carbocycles. The van der Waals surface area contributed by atoms with Gasteiger partial charge >= 0.3 is 11.9 Å². The molecule has 35 heavy (non-hydrogen) atoms. The van der Waals surface area contributed by atoms with Gasteiger partial charge in [0.05, 0.1) is 10.5 Å². The zero-order chi connectivity index (χ0) is 25.7. The number of aromatic amines is 2. The van der Waals surface area contributed by atoms with Gasteiger partial charge in [-0.1, -0.05) is 0 Å². The molecule has 3 aromatic rings. The molecule has 2 unspecified atom stereocenters. The third kappa shape index (κ3) is 4.95. The van der Waals surface area contributed by atoms with Crippen molar-refractivity contribution in [2.45, 2.75) is 56.7 Å². The second-order valence-corrected chi connectivity index (χ2v) is 11.4. The normalized spacial score (nSPS) is 18.2. The second kappa shape index (κ2) is 8.77. The summed E-state index contributed by atoms with van der Waals surface area (Å²) in [5.74, 6) is -1.60. The van der Waals surface area contributed by atoms with Crippen molar-refractivity contribution >= 4 is 43.8 Å². The number of H-pyrrole nitrogens is 2. The van der Waals surface area contributed by atoms with E-state index in [1.807, 2.05) is 4.90 Å². The summed E-state index contributed by atoms with van der Waals surface area (Å²) < 4.78 is 34.5. The molecule has 0 aliphatic carbocycles. The van der Waals surface area contributed by atoms with Crippen LogP contribution < -0.4 is 10.3 Å². The zero-order valence-corrected chi connectivity index (χ0v) is 20.7. The Balaban J connectivity index is 1.59. The Morgan fingerprint density at radius 1 is 1.29 bits per heavy atom. The van der Waals surface area contributed by atoms with Crippen molar-refractivity contribution in [3.05, 3.63) is 40.3 Å². The molecule has 4 N–H and O–H groups in total. The van der Waals surface area contributed by atoms with Gasteiger partial charge in [-0.3, -0.25) is 14.5 Å². The number of rotatable bonds is 6. The van der Waals surface area contributed by atoms with E-state index in [2.05, 4.69) is 14.7 Å². The highest BCUT2D eigenvalue weighted by Gasteiger charge is 2.34. The Kier molecular flexibility index (Phi) is 6.24. The fraction of sp³-hybridized carbons (Fsp3) is 0.435. The summed E-state index contributed by atoms with van der Waals surface area (Å²) in [5.41, 5.74) is -0.862. The number of hydrogen-bond acceptors (Lipinski definition) is 7. The standard InChI is InChI=1S/C23H28N4O7S/c1-12(22(31)34-23(2,3)4)27-8-7-13(11-27)26-35(32,33)14-5-6-17-15(9-14)18-16(21(29)30)10-24-19(18)20(28)25-17/h5-6,9-10,12-13,24,26H,7-8,11H2,1-4H3,(H,25,28)(H,29,30). The Labute approximate surface area is 201 Å². The third-order valence-corrected chi connectivity index (χ3v) is 7.51. The maximum absolute atomic E-state index is 13.2. The predicted octanol–water partition coefficient (Wildman–Crippen LogP) is 1.79. The molecular weight excluding hydrogens is 476 g/mol. The van der Waals surface area contributed by atoms with Crippen molar-refractivity contribution in [3.63, 3.8) is 0 Å². The quantitative estimate of drug-likeness (QED) is 0.369. The van der Waals surface area contributed by atoms with Crippen LogP contribution >= 0.6 is 0 Å². The van der Waals surface area contributed by atoms with Crippen molar-refractivity contribution < 1.29 is 27.9 Å². The maximum Gasteiger partial charge on any atom is 0.337 e. The van der Waals surface area contributed by atoms with Gasteiger partial charge in [0.15, 0.2) is 0 Å². The van der Waals surface area contributed by atoms with Crippen LogP contribution in [0.3, 0.4) is 0 Å². The number of aromatic nitrogens is 2. The number of carboxylic acid groups (broad SMARTS) is 1. The van der Waals surface area contributed by atoms with Gasteiger partial charge in [0.1, 0.15) is 17.2 Å². The fourth-order valence-corrected chi connectivity index (χ4v) is 5.59. The molecule has 11 nitrogen and oxygen atoms in total. The van der Waals surface area contributed by atoms with Gasteiger partial charge in [0, 0.05) is 41.6 Å². The number of ether oxygens (including phenoxy) is 1. The van der Waals surface area contributed by atoms with Crippen molar-refractivity contribution in [2.75, 3.05) is 13.1 Å². The lowest BCUT2D eigenvalue weighted by molar-refractivity contribution is -0.160. The number of sulfonamides is 1. The van der Waals surface area contributed by atoms with Gasteiger partial charge in [-0.25, -0.2) is 17.9 Å². The highest BCUT2D eigenvalue weighted by atomic mass is 32.2. The number of fused-ring (bicyclic) bond motifs is 3. The van der Waals surface area contributed by atoms with Gasteiger partial charge in [-0.2, -0.15) is 0 Å².